The molecule has 0 bridgehead atoms. The second-order valence-corrected chi connectivity index (χ2v) is 5.62. The van der Waals surface area contributed by atoms with Crippen molar-refractivity contribution in [2.75, 3.05) is 0 Å². The predicted octanol–water partition coefficient (Wildman–Crippen LogP) is 1.61. The summed E-state index contributed by atoms with van der Waals surface area (Å²) in [6, 6.07) is 6.54. The summed E-state index contributed by atoms with van der Waals surface area (Å²) in [7, 11) is -3.75. The fourth-order valence-corrected chi connectivity index (χ4v) is 3.66. The molecule has 0 fully saturated rings. The van der Waals surface area contributed by atoms with Crippen molar-refractivity contribution in [3.8, 4) is 0 Å². The molecule has 0 atom stereocenters. The molecular weight excluding hydrogens is 216 g/mol. The summed E-state index contributed by atoms with van der Waals surface area (Å²) in [6.07, 6.45) is 0. The minimum atomic E-state index is -3.75. The summed E-state index contributed by atoms with van der Waals surface area (Å²) in [6.45, 7) is 3.30. The largest absolute Gasteiger partial charge is 0.282 e. The molecule has 0 aromatic heterocycles. The van der Waals surface area contributed by atoms with Crippen LogP contribution in [0.25, 0.3) is 0 Å². The van der Waals surface area contributed by atoms with Gasteiger partial charge in [-0.1, -0.05) is 18.2 Å². The SMILES string of the molecule is CC1(C)c2ccccc2S(=O)(=O)N1N=O. The summed E-state index contributed by atoms with van der Waals surface area (Å²) >= 11 is 0. The quantitative estimate of drug-likeness (QED) is 0.683. The molecule has 0 spiro atoms. The number of rotatable bonds is 1. The van der Waals surface area contributed by atoms with Gasteiger partial charge in [0.25, 0.3) is 10.0 Å². The highest BCUT2D eigenvalue weighted by Crippen LogP contribution is 2.43. The van der Waals surface area contributed by atoms with Gasteiger partial charge in [0.15, 0.2) is 0 Å². The number of hydrogen-bond acceptors (Lipinski definition) is 4. The van der Waals surface area contributed by atoms with Crippen molar-refractivity contribution in [1.29, 1.82) is 0 Å². The molecule has 0 unspecified atom stereocenters. The zero-order valence-corrected chi connectivity index (χ0v) is 9.15. The maximum absolute atomic E-state index is 11.9. The van der Waals surface area contributed by atoms with Crippen LogP contribution in [0.4, 0.5) is 0 Å². The van der Waals surface area contributed by atoms with Gasteiger partial charge < -0.3 is 0 Å². The van der Waals surface area contributed by atoms with E-state index in [-0.39, 0.29) is 4.90 Å². The van der Waals surface area contributed by atoms with Crippen LogP contribution in [-0.4, -0.2) is 12.8 Å². The van der Waals surface area contributed by atoms with Crippen LogP contribution in [0.1, 0.15) is 19.4 Å². The highest BCUT2D eigenvalue weighted by Gasteiger charge is 2.48. The van der Waals surface area contributed by atoms with Crippen LogP contribution < -0.4 is 0 Å². The van der Waals surface area contributed by atoms with Crippen molar-refractivity contribution in [3.63, 3.8) is 0 Å². The van der Waals surface area contributed by atoms with E-state index < -0.39 is 15.6 Å². The summed E-state index contributed by atoms with van der Waals surface area (Å²) in [5.74, 6) is 0. The first-order chi connectivity index (χ1) is 6.92. The molecule has 0 aliphatic carbocycles. The van der Waals surface area contributed by atoms with Gasteiger partial charge >= 0.3 is 0 Å². The second-order valence-electron chi connectivity index (χ2n) is 3.88. The molecule has 1 aliphatic rings. The number of hydrogen-bond donors (Lipinski definition) is 0. The van der Waals surface area contributed by atoms with E-state index in [0.717, 1.165) is 0 Å². The third-order valence-corrected chi connectivity index (χ3v) is 4.49. The first-order valence-electron chi connectivity index (χ1n) is 4.40. The lowest BCUT2D eigenvalue weighted by Gasteiger charge is -2.24. The maximum Gasteiger partial charge on any atom is 0.282 e. The zero-order valence-electron chi connectivity index (χ0n) is 8.34. The standard InChI is InChI=1S/C9H10N2O3S/c1-9(2)7-5-3-4-6-8(7)15(13,14)11(9)10-12/h3-6H,1-2H3. The van der Waals surface area contributed by atoms with Crippen LogP contribution in [0.5, 0.6) is 0 Å². The van der Waals surface area contributed by atoms with E-state index in [1.165, 1.54) is 6.07 Å². The van der Waals surface area contributed by atoms with Gasteiger partial charge in [-0.3, -0.25) is 0 Å². The Bertz CT molecular complexity index is 522. The van der Waals surface area contributed by atoms with Crippen LogP contribution in [0.15, 0.2) is 34.4 Å². The van der Waals surface area contributed by atoms with Crippen molar-refractivity contribution in [3.05, 3.63) is 34.7 Å². The highest BCUT2D eigenvalue weighted by molar-refractivity contribution is 7.89. The molecule has 1 heterocycles. The molecule has 0 N–H and O–H groups in total. The van der Waals surface area contributed by atoms with E-state index in [4.69, 9.17) is 0 Å². The third kappa shape index (κ3) is 1.11. The topological polar surface area (TPSA) is 66.8 Å². The molecule has 2 rings (SSSR count). The molecule has 0 radical (unpaired) electrons. The summed E-state index contributed by atoms with van der Waals surface area (Å²) in [5, 5.41) is 2.60. The summed E-state index contributed by atoms with van der Waals surface area (Å²) in [4.78, 5) is 10.8. The lowest BCUT2D eigenvalue weighted by atomic mass is 9.95. The molecule has 0 saturated heterocycles. The molecule has 0 saturated carbocycles. The Morgan fingerprint density at radius 1 is 1.27 bits per heavy atom. The van der Waals surface area contributed by atoms with E-state index in [1.54, 1.807) is 32.0 Å². The molecule has 1 aromatic rings. The van der Waals surface area contributed by atoms with Crippen molar-refractivity contribution >= 4 is 10.0 Å². The van der Waals surface area contributed by atoms with E-state index in [2.05, 4.69) is 5.29 Å². The molecule has 15 heavy (non-hydrogen) atoms. The van der Waals surface area contributed by atoms with Crippen molar-refractivity contribution in [1.82, 2.24) is 4.41 Å². The Kier molecular flexibility index (Phi) is 1.88. The van der Waals surface area contributed by atoms with Crippen LogP contribution in [0, 0.1) is 4.91 Å². The first kappa shape index (κ1) is 10.1. The Balaban J connectivity index is 2.83. The molecule has 0 amide bonds. The number of sulfonamides is 1. The van der Waals surface area contributed by atoms with Gasteiger partial charge in [-0.05, 0) is 19.9 Å². The zero-order chi connectivity index (χ0) is 11.3. The molecule has 1 aromatic carbocycles. The van der Waals surface area contributed by atoms with E-state index in [9.17, 15) is 13.3 Å². The minimum absolute atomic E-state index is 0.162. The van der Waals surface area contributed by atoms with Gasteiger partial charge in [0.2, 0.25) is 0 Å². The van der Waals surface area contributed by atoms with Crippen molar-refractivity contribution in [2.24, 2.45) is 5.29 Å². The lowest BCUT2D eigenvalue weighted by Crippen LogP contribution is -2.34. The number of nitrogens with zero attached hydrogens (tertiary/aromatic N) is 2. The van der Waals surface area contributed by atoms with Gasteiger partial charge in [0.05, 0.1) is 15.7 Å². The van der Waals surface area contributed by atoms with Gasteiger partial charge in [0.1, 0.15) is 0 Å². The Morgan fingerprint density at radius 3 is 2.40 bits per heavy atom. The van der Waals surface area contributed by atoms with Crippen LogP contribution >= 0.6 is 0 Å². The fraction of sp³-hybridized carbons (Fsp3) is 0.333. The van der Waals surface area contributed by atoms with Crippen LogP contribution in [0.3, 0.4) is 0 Å². The third-order valence-electron chi connectivity index (χ3n) is 2.60. The smallest absolute Gasteiger partial charge is 0.199 e. The molecular formula is C9H10N2O3S. The first-order valence-corrected chi connectivity index (χ1v) is 5.84. The van der Waals surface area contributed by atoms with Gasteiger partial charge in [-0.2, -0.15) is 8.42 Å². The Morgan fingerprint density at radius 2 is 1.87 bits per heavy atom. The number of fused-ring (bicyclic) bond motifs is 1. The van der Waals surface area contributed by atoms with Crippen LogP contribution in [-0.2, 0) is 15.6 Å². The summed E-state index contributed by atoms with van der Waals surface area (Å²) < 4.78 is 24.3. The number of benzene rings is 1. The van der Waals surface area contributed by atoms with Gasteiger partial charge in [-0.15, -0.1) is 9.32 Å². The molecule has 1 aliphatic heterocycles. The van der Waals surface area contributed by atoms with E-state index in [1.807, 2.05) is 0 Å². The van der Waals surface area contributed by atoms with E-state index >= 15 is 0 Å². The molecule has 5 nitrogen and oxygen atoms in total. The van der Waals surface area contributed by atoms with E-state index in [0.29, 0.717) is 9.98 Å². The monoisotopic (exact) mass is 226 g/mol. The average Bonchev–Trinajstić information content (AvgIpc) is 2.32. The predicted molar refractivity (Wildman–Crippen MR) is 54.3 cm³/mol. The second kappa shape index (κ2) is 2.79. The maximum atomic E-state index is 11.9. The highest BCUT2D eigenvalue weighted by atomic mass is 32.2. The van der Waals surface area contributed by atoms with Crippen LogP contribution in [0.2, 0.25) is 0 Å². The van der Waals surface area contributed by atoms with Gasteiger partial charge in [-0.25, -0.2) is 0 Å². The van der Waals surface area contributed by atoms with Crippen molar-refractivity contribution in [2.45, 2.75) is 24.3 Å². The molecule has 6 heteroatoms. The van der Waals surface area contributed by atoms with Gasteiger partial charge in [0, 0.05) is 5.56 Å². The summed E-state index contributed by atoms with van der Waals surface area (Å²) in [5.41, 5.74) is -0.304. The molecule has 80 valence electrons. The lowest BCUT2D eigenvalue weighted by molar-refractivity contribution is 0.251. The Labute approximate surface area is 87.7 Å². The normalized spacial score (nSPS) is 21.1. The van der Waals surface area contributed by atoms with Crippen molar-refractivity contribution < 1.29 is 8.42 Å². The fourth-order valence-electron chi connectivity index (χ4n) is 1.84. The average molecular weight is 226 g/mol. The Hall–Kier alpha value is -1.43. The minimum Gasteiger partial charge on any atom is -0.199 e. The number of nitroso groups, excluding NO2 is 1.